The second kappa shape index (κ2) is 3.06. The summed E-state index contributed by atoms with van der Waals surface area (Å²) in [6, 6.07) is 0. The highest BCUT2D eigenvalue weighted by Crippen LogP contribution is 2.40. The Kier molecular flexibility index (Phi) is 1.91. The lowest BCUT2D eigenvalue weighted by Crippen LogP contribution is -2.52. The number of aromatic nitrogens is 2. The molecule has 4 heteroatoms. The van der Waals surface area contributed by atoms with Gasteiger partial charge in [0.2, 0.25) is 0 Å². The van der Waals surface area contributed by atoms with Crippen LogP contribution in [0.5, 0.6) is 0 Å². The predicted molar refractivity (Wildman–Crippen MR) is 56.6 cm³/mol. The molecule has 3 heterocycles. The molecular formula is C11H17N3O. The van der Waals surface area contributed by atoms with Crippen molar-refractivity contribution >= 4 is 0 Å². The average molecular weight is 207 g/mol. The van der Waals surface area contributed by atoms with E-state index in [1.54, 1.807) is 6.33 Å². The Labute approximate surface area is 89.4 Å². The molecule has 1 aromatic heterocycles. The summed E-state index contributed by atoms with van der Waals surface area (Å²) in [5.74, 6) is 0.472. The molecule has 0 saturated carbocycles. The van der Waals surface area contributed by atoms with Crippen LogP contribution in [0.3, 0.4) is 0 Å². The number of rotatable bonds is 0. The van der Waals surface area contributed by atoms with E-state index in [0.29, 0.717) is 12.0 Å². The summed E-state index contributed by atoms with van der Waals surface area (Å²) in [5.41, 5.74) is 2.40. The van der Waals surface area contributed by atoms with Crippen LogP contribution < -0.4 is 5.32 Å². The minimum Gasteiger partial charge on any atom is -0.376 e. The largest absolute Gasteiger partial charge is 0.376 e. The molecule has 2 aliphatic heterocycles. The van der Waals surface area contributed by atoms with Gasteiger partial charge in [-0.25, -0.2) is 4.98 Å². The van der Waals surface area contributed by atoms with Crippen molar-refractivity contribution < 1.29 is 4.74 Å². The Hall–Kier alpha value is -0.870. The first-order valence-corrected chi connectivity index (χ1v) is 5.63. The molecule has 2 N–H and O–H groups in total. The van der Waals surface area contributed by atoms with Gasteiger partial charge in [-0.1, -0.05) is 6.92 Å². The molecule has 3 rings (SSSR count). The molecular weight excluding hydrogens is 190 g/mol. The van der Waals surface area contributed by atoms with Gasteiger partial charge in [0.15, 0.2) is 0 Å². The van der Waals surface area contributed by atoms with E-state index in [4.69, 9.17) is 4.74 Å². The van der Waals surface area contributed by atoms with E-state index in [0.717, 1.165) is 19.6 Å². The summed E-state index contributed by atoms with van der Waals surface area (Å²) >= 11 is 0. The van der Waals surface area contributed by atoms with Gasteiger partial charge in [-0.05, 0) is 6.92 Å². The number of fused-ring (bicyclic) bond motifs is 2. The van der Waals surface area contributed by atoms with Gasteiger partial charge in [0.1, 0.15) is 0 Å². The molecule has 1 saturated heterocycles. The zero-order valence-electron chi connectivity index (χ0n) is 9.21. The smallest absolute Gasteiger partial charge is 0.0926 e. The van der Waals surface area contributed by atoms with Crippen LogP contribution in [-0.4, -0.2) is 29.2 Å². The fourth-order valence-corrected chi connectivity index (χ4v) is 2.83. The van der Waals surface area contributed by atoms with Crippen LogP contribution in [0.25, 0.3) is 0 Å². The SMILES string of the molecule is C[C@@H]1OC[C@]2(NCCc3[nH]cnc32)[C@H]1C. The van der Waals surface area contributed by atoms with Crippen molar-refractivity contribution in [3.8, 4) is 0 Å². The highest BCUT2D eigenvalue weighted by atomic mass is 16.5. The van der Waals surface area contributed by atoms with Crippen molar-refractivity contribution in [2.75, 3.05) is 13.2 Å². The Bertz CT molecular complexity index is 376. The number of ether oxygens (including phenoxy) is 1. The van der Waals surface area contributed by atoms with Gasteiger partial charge in [-0.2, -0.15) is 0 Å². The first-order valence-electron chi connectivity index (χ1n) is 5.63. The van der Waals surface area contributed by atoms with E-state index in [-0.39, 0.29) is 5.54 Å². The predicted octanol–water partition coefficient (Wildman–Crippen LogP) is 0.805. The molecule has 15 heavy (non-hydrogen) atoms. The van der Waals surface area contributed by atoms with E-state index in [1.807, 2.05) is 0 Å². The Morgan fingerprint density at radius 2 is 2.40 bits per heavy atom. The molecule has 0 aliphatic carbocycles. The summed E-state index contributed by atoms with van der Waals surface area (Å²) in [6.45, 7) is 6.14. The van der Waals surface area contributed by atoms with Crippen molar-refractivity contribution in [2.45, 2.75) is 31.9 Å². The van der Waals surface area contributed by atoms with Gasteiger partial charge in [0.25, 0.3) is 0 Å². The minimum atomic E-state index is -0.0486. The van der Waals surface area contributed by atoms with Gasteiger partial charge in [0.05, 0.1) is 30.3 Å². The Balaban J connectivity index is 2.08. The zero-order valence-corrected chi connectivity index (χ0v) is 9.21. The third-order valence-electron chi connectivity index (χ3n) is 4.01. The van der Waals surface area contributed by atoms with Crippen molar-refractivity contribution in [3.63, 3.8) is 0 Å². The second-order valence-electron chi connectivity index (χ2n) is 4.68. The number of imidazole rings is 1. The quantitative estimate of drug-likeness (QED) is 0.661. The number of hydrogen-bond donors (Lipinski definition) is 2. The van der Waals surface area contributed by atoms with Gasteiger partial charge in [-0.15, -0.1) is 0 Å². The average Bonchev–Trinajstić information content (AvgIpc) is 2.81. The van der Waals surface area contributed by atoms with Gasteiger partial charge < -0.3 is 15.0 Å². The van der Waals surface area contributed by atoms with Crippen LogP contribution in [0.2, 0.25) is 0 Å². The molecule has 3 atom stereocenters. The van der Waals surface area contributed by atoms with Crippen LogP contribution in [-0.2, 0) is 16.7 Å². The van der Waals surface area contributed by atoms with E-state index in [9.17, 15) is 0 Å². The molecule has 0 unspecified atom stereocenters. The molecule has 0 amide bonds. The van der Waals surface area contributed by atoms with Gasteiger partial charge in [-0.3, -0.25) is 0 Å². The highest BCUT2D eigenvalue weighted by molar-refractivity contribution is 5.28. The fourth-order valence-electron chi connectivity index (χ4n) is 2.83. The first-order chi connectivity index (χ1) is 7.24. The van der Waals surface area contributed by atoms with E-state index in [2.05, 4.69) is 29.1 Å². The topological polar surface area (TPSA) is 49.9 Å². The molecule has 2 aliphatic rings. The maximum Gasteiger partial charge on any atom is 0.0926 e. The van der Waals surface area contributed by atoms with Crippen LogP contribution in [0.1, 0.15) is 25.2 Å². The van der Waals surface area contributed by atoms with Gasteiger partial charge >= 0.3 is 0 Å². The monoisotopic (exact) mass is 207 g/mol. The Morgan fingerprint density at radius 3 is 3.13 bits per heavy atom. The summed E-state index contributed by atoms with van der Waals surface area (Å²) in [7, 11) is 0. The van der Waals surface area contributed by atoms with Crippen molar-refractivity contribution in [2.24, 2.45) is 5.92 Å². The van der Waals surface area contributed by atoms with E-state index < -0.39 is 0 Å². The lowest BCUT2D eigenvalue weighted by atomic mass is 9.79. The normalized spacial score (nSPS) is 39.6. The third-order valence-corrected chi connectivity index (χ3v) is 4.01. The molecule has 82 valence electrons. The molecule has 1 fully saturated rings. The van der Waals surface area contributed by atoms with E-state index in [1.165, 1.54) is 11.4 Å². The zero-order chi connectivity index (χ0) is 10.5. The summed E-state index contributed by atoms with van der Waals surface area (Å²) < 4.78 is 5.77. The lowest BCUT2D eigenvalue weighted by molar-refractivity contribution is 0.104. The molecule has 0 radical (unpaired) electrons. The molecule has 0 bridgehead atoms. The van der Waals surface area contributed by atoms with Crippen molar-refractivity contribution in [1.82, 2.24) is 15.3 Å². The van der Waals surface area contributed by atoms with Crippen LogP contribution in [0, 0.1) is 5.92 Å². The van der Waals surface area contributed by atoms with Crippen molar-refractivity contribution in [1.29, 1.82) is 0 Å². The number of hydrogen-bond acceptors (Lipinski definition) is 3. The summed E-state index contributed by atoms with van der Waals surface area (Å²) in [6.07, 6.45) is 3.15. The number of nitrogens with one attached hydrogen (secondary N) is 2. The minimum absolute atomic E-state index is 0.0486. The number of H-pyrrole nitrogens is 1. The highest BCUT2D eigenvalue weighted by Gasteiger charge is 2.50. The van der Waals surface area contributed by atoms with Crippen LogP contribution >= 0.6 is 0 Å². The third kappa shape index (κ3) is 1.12. The first kappa shape index (κ1) is 9.36. The summed E-state index contributed by atoms with van der Waals surface area (Å²) in [4.78, 5) is 7.72. The molecule has 0 aromatic carbocycles. The standard InChI is InChI=1S/C11H17N3O/c1-7-8(2)15-5-11(7)10-9(3-4-14-11)12-6-13-10/h6-8,14H,3-5H2,1-2H3,(H,12,13)/t7-,8-,11-/m0/s1. The van der Waals surface area contributed by atoms with Gasteiger partial charge in [0, 0.05) is 24.6 Å². The second-order valence-corrected chi connectivity index (χ2v) is 4.68. The maximum absolute atomic E-state index is 5.77. The number of nitrogens with zero attached hydrogens (tertiary/aromatic N) is 1. The van der Waals surface area contributed by atoms with Crippen LogP contribution in [0.4, 0.5) is 0 Å². The fraction of sp³-hybridized carbons (Fsp3) is 0.727. The Morgan fingerprint density at radius 1 is 1.53 bits per heavy atom. The maximum atomic E-state index is 5.77. The lowest BCUT2D eigenvalue weighted by Gasteiger charge is -2.36. The van der Waals surface area contributed by atoms with E-state index >= 15 is 0 Å². The van der Waals surface area contributed by atoms with Crippen LogP contribution in [0.15, 0.2) is 6.33 Å². The number of aromatic amines is 1. The molecule has 1 aromatic rings. The van der Waals surface area contributed by atoms with Crippen molar-refractivity contribution in [3.05, 3.63) is 17.7 Å². The molecule has 4 nitrogen and oxygen atoms in total. The summed E-state index contributed by atoms with van der Waals surface area (Å²) in [5, 5.41) is 3.61. The molecule has 1 spiro atoms.